The first-order valence-corrected chi connectivity index (χ1v) is 7.53. The van der Waals surface area contributed by atoms with Crippen molar-refractivity contribution in [3.05, 3.63) is 89.5 Å². The van der Waals surface area contributed by atoms with Gasteiger partial charge in [-0.05, 0) is 22.3 Å². The van der Waals surface area contributed by atoms with Crippen molar-refractivity contribution < 1.29 is 24.5 Å². The average Bonchev–Trinajstić information content (AvgIpc) is 2.62. The summed E-state index contributed by atoms with van der Waals surface area (Å²) in [5, 5.41) is 22.4. The van der Waals surface area contributed by atoms with Crippen LogP contribution in [0.2, 0.25) is 0 Å². The number of carbonyl (C=O) groups excluding carboxylic acids is 2. The quantitative estimate of drug-likeness (QED) is 0.657. The van der Waals surface area contributed by atoms with Gasteiger partial charge in [0.2, 0.25) is 0 Å². The Morgan fingerprint density at radius 2 is 1.28 bits per heavy atom. The fourth-order valence-electron chi connectivity index (χ4n) is 2.29. The summed E-state index contributed by atoms with van der Waals surface area (Å²) in [6, 6.07) is 18.0. The predicted molar refractivity (Wildman–Crippen MR) is 88.9 cm³/mol. The molecule has 0 aromatic heterocycles. The number of carboxylic acids is 2. The van der Waals surface area contributed by atoms with Crippen molar-refractivity contribution in [3.8, 4) is 0 Å². The molecule has 0 saturated heterocycles. The highest BCUT2D eigenvalue weighted by Crippen LogP contribution is 2.27. The predicted octanol–water partition coefficient (Wildman–Crippen LogP) is 0.561. The zero-order chi connectivity index (χ0) is 18.2. The molecule has 25 heavy (non-hydrogen) atoms. The van der Waals surface area contributed by atoms with Crippen molar-refractivity contribution in [1.82, 2.24) is 0 Å². The van der Waals surface area contributed by atoms with E-state index in [-0.39, 0.29) is 24.4 Å². The van der Waals surface area contributed by atoms with E-state index >= 15 is 0 Å². The number of rotatable bonds is 8. The summed E-state index contributed by atoms with van der Waals surface area (Å²) in [6.45, 7) is 2.63. The summed E-state index contributed by atoms with van der Waals surface area (Å²) in [5.41, 5.74) is 1.49. The first-order valence-electron chi connectivity index (χ1n) is 7.53. The molecule has 0 amide bonds. The number of ether oxygens (including phenoxy) is 1. The Labute approximate surface area is 145 Å². The largest absolute Gasteiger partial charge is 0.545 e. The highest BCUT2D eigenvalue weighted by atomic mass is 16.5. The molecule has 0 unspecified atom stereocenters. The van der Waals surface area contributed by atoms with Crippen LogP contribution in [0.5, 0.6) is 0 Å². The second-order valence-corrected chi connectivity index (χ2v) is 5.26. The third-order valence-electron chi connectivity index (χ3n) is 3.48. The van der Waals surface area contributed by atoms with Crippen LogP contribution in [0, 0.1) is 0 Å². The molecule has 0 atom stereocenters. The van der Waals surface area contributed by atoms with Crippen LogP contribution in [0.4, 0.5) is 0 Å². The van der Waals surface area contributed by atoms with Crippen LogP contribution in [0.25, 0.3) is 5.57 Å². The van der Waals surface area contributed by atoms with Crippen molar-refractivity contribution in [2.24, 2.45) is 0 Å². The van der Waals surface area contributed by atoms with Crippen LogP contribution in [0.1, 0.15) is 11.1 Å². The van der Waals surface area contributed by atoms with Gasteiger partial charge in [0, 0.05) is 5.57 Å². The lowest BCUT2D eigenvalue weighted by Crippen LogP contribution is -2.30. The molecular weight excluding hydrogens is 320 g/mol. The number of hydrogen-bond donors (Lipinski definition) is 0. The molecule has 0 bridgehead atoms. The third kappa shape index (κ3) is 4.89. The number of hydrogen-bond acceptors (Lipinski definition) is 5. The lowest BCUT2D eigenvalue weighted by molar-refractivity contribution is -0.300. The van der Waals surface area contributed by atoms with E-state index in [0.29, 0.717) is 16.7 Å². The van der Waals surface area contributed by atoms with E-state index in [1.165, 1.54) is 0 Å². The fourth-order valence-corrected chi connectivity index (χ4v) is 2.29. The normalized spacial score (nSPS) is 10.1. The van der Waals surface area contributed by atoms with Gasteiger partial charge in [0.05, 0.1) is 25.2 Å². The van der Waals surface area contributed by atoms with Crippen LogP contribution in [0.3, 0.4) is 0 Å². The van der Waals surface area contributed by atoms with E-state index in [1.807, 2.05) is 12.1 Å². The van der Waals surface area contributed by atoms with Gasteiger partial charge in [0.1, 0.15) is 0 Å². The van der Waals surface area contributed by atoms with Crippen LogP contribution in [0.15, 0.2) is 78.4 Å². The SMILES string of the molecule is C=C(COCC(C(=O)[O-])=C(c1ccccc1)c1ccccc1)C(=O)[O-]. The Morgan fingerprint density at radius 3 is 1.68 bits per heavy atom. The first-order chi connectivity index (χ1) is 12.0. The standard InChI is InChI=1S/C20H18O5/c1-14(19(21)22)12-25-13-17(20(23)24)18(15-8-4-2-5-9-15)16-10-6-3-7-11-16/h2-11H,1,12-13H2,(H,21,22)(H,23,24)/p-2. The molecule has 0 N–H and O–H groups in total. The average molecular weight is 336 g/mol. The van der Waals surface area contributed by atoms with Gasteiger partial charge < -0.3 is 24.5 Å². The molecule has 5 heteroatoms. The highest BCUT2D eigenvalue weighted by Gasteiger charge is 2.13. The van der Waals surface area contributed by atoms with Crippen molar-refractivity contribution in [1.29, 1.82) is 0 Å². The lowest BCUT2D eigenvalue weighted by atomic mass is 9.93. The van der Waals surface area contributed by atoms with Gasteiger partial charge in [0.25, 0.3) is 0 Å². The van der Waals surface area contributed by atoms with Crippen LogP contribution >= 0.6 is 0 Å². The molecule has 2 aromatic carbocycles. The summed E-state index contributed by atoms with van der Waals surface area (Å²) in [7, 11) is 0. The molecule has 0 saturated carbocycles. The maximum absolute atomic E-state index is 11.7. The van der Waals surface area contributed by atoms with Crippen LogP contribution < -0.4 is 10.2 Å². The van der Waals surface area contributed by atoms with Gasteiger partial charge in [-0.3, -0.25) is 0 Å². The Kier molecular flexibility index (Phi) is 6.26. The molecule has 128 valence electrons. The summed E-state index contributed by atoms with van der Waals surface area (Å²) in [5.74, 6) is -2.83. The van der Waals surface area contributed by atoms with Gasteiger partial charge in [-0.1, -0.05) is 67.2 Å². The molecule has 0 aliphatic carbocycles. The maximum Gasteiger partial charge on any atom is 0.0745 e. The molecule has 2 aromatic rings. The molecule has 0 aliphatic heterocycles. The van der Waals surface area contributed by atoms with Crippen molar-refractivity contribution in [2.45, 2.75) is 0 Å². The first kappa shape index (κ1) is 18.2. The van der Waals surface area contributed by atoms with Gasteiger partial charge in [0.15, 0.2) is 0 Å². The Bertz CT molecular complexity index is 750. The molecule has 0 aliphatic rings. The van der Waals surface area contributed by atoms with E-state index in [1.54, 1.807) is 48.5 Å². The van der Waals surface area contributed by atoms with Gasteiger partial charge in [-0.25, -0.2) is 0 Å². The van der Waals surface area contributed by atoms with E-state index in [4.69, 9.17) is 4.74 Å². The van der Waals surface area contributed by atoms with E-state index in [0.717, 1.165) is 0 Å². The summed E-state index contributed by atoms with van der Waals surface area (Å²) < 4.78 is 5.21. The summed E-state index contributed by atoms with van der Waals surface area (Å²) in [4.78, 5) is 22.4. The monoisotopic (exact) mass is 336 g/mol. The topological polar surface area (TPSA) is 89.5 Å². The number of carbonyl (C=O) groups is 2. The summed E-state index contributed by atoms with van der Waals surface area (Å²) >= 11 is 0. The van der Waals surface area contributed by atoms with Crippen LogP contribution in [-0.2, 0) is 14.3 Å². The van der Waals surface area contributed by atoms with Crippen LogP contribution in [-0.4, -0.2) is 25.2 Å². The second kappa shape index (κ2) is 8.61. The van der Waals surface area contributed by atoms with Crippen molar-refractivity contribution in [3.63, 3.8) is 0 Å². The summed E-state index contributed by atoms with van der Waals surface area (Å²) in [6.07, 6.45) is 0. The van der Waals surface area contributed by atoms with E-state index in [9.17, 15) is 19.8 Å². The molecule has 0 radical (unpaired) electrons. The fraction of sp³-hybridized carbons (Fsp3) is 0.100. The molecular formula is C20H16O5-2. The van der Waals surface area contributed by atoms with Crippen molar-refractivity contribution >= 4 is 17.5 Å². The smallest absolute Gasteiger partial charge is 0.0745 e. The Hall–Kier alpha value is -3.18. The second-order valence-electron chi connectivity index (χ2n) is 5.26. The Morgan fingerprint density at radius 1 is 0.800 bits per heavy atom. The van der Waals surface area contributed by atoms with Gasteiger partial charge >= 0.3 is 0 Å². The minimum Gasteiger partial charge on any atom is -0.545 e. The molecule has 2 rings (SSSR count). The number of aliphatic carboxylic acids is 2. The van der Waals surface area contributed by atoms with Gasteiger partial charge in [-0.15, -0.1) is 0 Å². The lowest BCUT2D eigenvalue weighted by Gasteiger charge is -2.18. The minimum absolute atomic E-state index is 0.0800. The maximum atomic E-state index is 11.7. The molecule has 0 fully saturated rings. The third-order valence-corrected chi connectivity index (χ3v) is 3.48. The highest BCUT2D eigenvalue weighted by molar-refractivity contribution is 6.00. The minimum atomic E-state index is -1.44. The molecule has 5 nitrogen and oxygen atoms in total. The molecule has 0 heterocycles. The molecule has 0 spiro atoms. The zero-order valence-corrected chi connectivity index (χ0v) is 13.4. The van der Waals surface area contributed by atoms with E-state index in [2.05, 4.69) is 6.58 Å². The Balaban J connectivity index is 2.43. The zero-order valence-electron chi connectivity index (χ0n) is 13.4. The van der Waals surface area contributed by atoms with E-state index < -0.39 is 11.9 Å². The number of carboxylic acid groups (broad SMARTS) is 2. The van der Waals surface area contributed by atoms with Crippen molar-refractivity contribution in [2.75, 3.05) is 13.2 Å². The van der Waals surface area contributed by atoms with Gasteiger partial charge in [-0.2, -0.15) is 0 Å². The number of benzene rings is 2.